The van der Waals surface area contributed by atoms with Gasteiger partial charge in [0, 0.05) is 31.1 Å². The van der Waals surface area contributed by atoms with Crippen LogP contribution in [0, 0.1) is 0 Å². The second-order valence-corrected chi connectivity index (χ2v) is 8.26. The van der Waals surface area contributed by atoms with Crippen LogP contribution in [0.25, 0.3) is 0 Å². The number of carbonyl (C=O) groups is 3. The fraction of sp³-hybridized carbons (Fsp3) is 0.591. The van der Waals surface area contributed by atoms with E-state index in [1.807, 2.05) is 18.2 Å². The van der Waals surface area contributed by atoms with Gasteiger partial charge in [-0.15, -0.1) is 0 Å². The molecule has 3 N–H and O–H groups in total. The van der Waals surface area contributed by atoms with Gasteiger partial charge in [-0.1, -0.05) is 24.6 Å². The Morgan fingerprint density at radius 1 is 1.21 bits per heavy atom. The molecular formula is C22H32N4O3. The summed E-state index contributed by atoms with van der Waals surface area (Å²) in [6, 6.07) is 5.76. The first-order valence-corrected chi connectivity index (χ1v) is 10.6. The summed E-state index contributed by atoms with van der Waals surface area (Å²) < 4.78 is 0. The van der Waals surface area contributed by atoms with Gasteiger partial charge in [-0.3, -0.25) is 24.6 Å². The second kappa shape index (κ2) is 9.50. The van der Waals surface area contributed by atoms with Crippen LogP contribution in [0.2, 0.25) is 0 Å². The summed E-state index contributed by atoms with van der Waals surface area (Å²) in [6.07, 6.45) is 3.88. The standard InChI is InChI=1S/C22H32N4O3/c1-15(2)25(12-5-3-4-11-23)13-16-7-6-8-17-14-26(22(29)20(16)17)18-9-10-19(27)24-21(18)28/h6-8,15,18H,3-5,9-14,23H2,1-2H3,(H,24,27,28). The molecule has 1 saturated heterocycles. The molecule has 1 atom stereocenters. The van der Waals surface area contributed by atoms with E-state index in [1.165, 1.54) is 0 Å². The number of rotatable bonds is 9. The summed E-state index contributed by atoms with van der Waals surface area (Å²) in [4.78, 5) is 40.9. The maximum absolute atomic E-state index is 13.2. The van der Waals surface area contributed by atoms with Gasteiger partial charge in [-0.05, 0) is 57.3 Å². The van der Waals surface area contributed by atoms with Crippen LogP contribution >= 0.6 is 0 Å². The number of nitrogens with two attached hydrogens (primary N) is 1. The predicted octanol–water partition coefficient (Wildman–Crippen LogP) is 1.79. The number of amides is 3. The molecule has 29 heavy (non-hydrogen) atoms. The van der Waals surface area contributed by atoms with E-state index < -0.39 is 6.04 Å². The van der Waals surface area contributed by atoms with Crippen LogP contribution in [0.3, 0.4) is 0 Å². The third-order valence-electron chi connectivity index (χ3n) is 5.89. The van der Waals surface area contributed by atoms with Crippen molar-refractivity contribution in [2.75, 3.05) is 13.1 Å². The van der Waals surface area contributed by atoms with Crippen molar-refractivity contribution in [2.24, 2.45) is 5.73 Å². The SMILES string of the molecule is CC(C)N(CCCCCN)Cc1cccc2c1C(=O)N(C1CCC(=O)NC1=O)C2. The van der Waals surface area contributed by atoms with Gasteiger partial charge in [0.2, 0.25) is 11.8 Å². The van der Waals surface area contributed by atoms with Crippen LogP contribution in [0.5, 0.6) is 0 Å². The number of fused-ring (bicyclic) bond motifs is 1. The van der Waals surface area contributed by atoms with Crippen molar-refractivity contribution in [2.45, 2.75) is 71.1 Å². The van der Waals surface area contributed by atoms with E-state index in [-0.39, 0.29) is 24.1 Å². The van der Waals surface area contributed by atoms with Gasteiger partial charge >= 0.3 is 0 Å². The zero-order valence-corrected chi connectivity index (χ0v) is 17.4. The fourth-order valence-electron chi connectivity index (χ4n) is 4.20. The molecule has 7 heteroatoms. The summed E-state index contributed by atoms with van der Waals surface area (Å²) in [5, 5.41) is 2.36. The van der Waals surface area contributed by atoms with Gasteiger partial charge in [0.15, 0.2) is 0 Å². The van der Waals surface area contributed by atoms with Gasteiger partial charge in [0.1, 0.15) is 6.04 Å². The van der Waals surface area contributed by atoms with Crippen molar-refractivity contribution in [3.63, 3.8) is 0 Å². The van der Waals surface area contributed by atoms with Crippen molar-refractivity contribution in [3.8, 4) is 0 Å². The molecule has 0 bridgehead atoms. The molecule has 7 nitrogen and oxygen atoms in total. The van der Waals surface area contributed by atoms with Gasteiger partial charge < -0.3 is 10.6 Å². The third-order valence-corrected chi connectivity index (χ3v) is 5.89. The van der Waals surface area contributed by atoms with E-state index in [0.717, 1.165) is 49.0 Å². The minimum atomic E-state index is -0.571. The van der Waals surface area contributed by atoms with E-state index in [0.29, 0.717) is 25.6 Å². The van der Waals surface area contributed by atoms with Crippen molar-refractivity contribution in [1.82, 2.24) is 15.1 Å². The van der Waals surface area contributed by atoms with Crippen LogP contribution in [0.1, 0.15) is 67.4 Å². The maximum Gasteiger partial charge on any atom is 0.255 e. The van der Waals surface area contributed by atoms with Gasteiger partial charge in [0.05, 0.1) is 0 Å². The van der Waals surface area contributed by atoms with Gasteiger partial charge in [-0.25, -0.2) is 0 Å². The van der Waals surface area contributed by atoms with E-state index in [1.54, 1.807) is 4.90 Å². The lowest BCUT2D eigenvalue weighted by Crippen LogP contribution is -2.52. The van der Waals surface area contributed by atoms with E-state index in [4.69, 9.17) is 5.73 Å². The number of nitrogens with zero attached hydrogens (tertiary/aromatic N) is 2. The Morgan fingerprint density at radius 2 is 2.00 bits per heavy atom. The highest BCUT2D eigenvalue weighted by Crippen LogP contribution is 2.30. The number of carbonyl (C=O) groups excluding carboxylic acids is 3. The first-order chi connectivity index (χ1) is 13.9. The molecule has 3 amide bonds. The van der Waals surface area contributed by atoms with E-state index >= 15 is 0 Å². The Kier molecular flexibility index (Phi) is 7.03. The predicted molar refractivity (Wildman–Crippen MR) is 111 cm³/mol. The summed E-state index contributed by atoms with van der Waals surface area (Å²) >= 11 is 0. The molecule has 1 aromatic rings. The largest absolute Gasteiger partial charge is 0.330 e. The summed E-state index contributed by atoms with van der Waals surface area (Å²) in [6.45, 7) is 7.16. The van der Waals surface area contributed by atoms with Crippen LogP contribution in [-0.4, -0.2) is 52.7 Å². The highest BCUT2D eigenvalue weighted by Gasteiger charge is 2.40. The number of piperidine rings is 1. The number of unbranched alkanes of at least 4 members (excludes halogenated alkanes) is 2. The molecule has 0 saturated carbocycles. The molecule has 3 rings (SSSR count). The molecule has 2 heterocycles. The number of benzene rings is 1. The molecular weight excluding hydrogens is 368 g/mol. The molecule has 0 radical (unpaired) electrons. The van der Waals surface area contributed by atoms with Gasteiger partial charge in [-0.2, -0.15) is 0 Å². The number of nitrogens with one attached hydrogen (secondary N) is 1. The average Bonchev–Trinajstić information content (AvgIpc) is 3.01. The monoisotopic (exact) mass is 400 g/mol. The molecule has 1 aromatic carbocycles. The number of imide groups is 1. The highest BCUT2D eigenvalue weighted by molar-refractivity contribution is 6.05. The minimum absolute atomic E-state index is 0.100. The van der Waals surface area contributed by atoms with E-state index in [9.17, 15) is 14.4 Å². The number of hydrogen-bond donors (Lipinski definition) is 2. The van der Waals surface area contributed by atoms with Crippen LogP contribution < -0.4 is 11.1 Å². The highest BCUT2D eigenvalue weighted by atomic mass is 16.2. The lowest BCUT2D eigenvalue weighted by atomic mass is 10.0. The van der Waals surface area contributed by atoms with Crippen LogP contribution in [-0.2, 0) is 22.7 Å². The normalized spacial score (nSPS) is 19.3. The lowest BCUT2D eigenvalue weighted by molar-refractivity contribution is -0.136. The molecule has 1 fully saturated rings. The van der Waals surface area contributed by atoms with Crippen LogP contribution in [0.4, 0.5) is 0 Å². The average molecular weight is 401 g/mol. The molecule has 2 aliphatic heterocycles. The quantitative estimate of drug-likeness (QED) is 0.487. The van der Waals surface area contributed by atoms with Gasteiger partial charge in [0.25, 0.3) is 5.91 Å². The summed E-state index contributed by atoms with van der Waals surface area (Å²) in [7, 11) is 0. The van der Waals surface area contributed by atoms with Crippen molar-refractivity contribution in [1.29, 1.82) is 0 Å². The Balaban J connectivity index is 1.75. The minimum Gasteiger partial charge on any atom is -0.330 e. The molecule has 0 spiro atoms. The second-order valence-electron chi connectivity index (χ2n) is 8.26. The van der Waals surface area contributed by atoms with Crippen molar-refractivity contribution < 1.29 is 14.4 Å². The Morgan fingerprint density at radius 3 is 2.69 bits per heavy atom. The zero-order chi connectivity index (χ0) is 21.0. The Hall–Kier alpha value is -2.25. The molecule has 0 aliphatic carbocycles. The molecule has 158 valence electrons. The third kappa shape index (κ3) is 4.85. The summed E-state index contributed by atoms with van der Waals surface area (Å²) in [5.41, 5.74) is 8.29. The van der Waals surface area contributed by atoms with Crippen molar-refractivity contribution >= 4 is 17.7 Å². The Labute approximate surface area is 172 Å². The number of hydrogen-bond acceptors (Lipinski definition) is 5. The van der Waals surface area contributed by atoms with Crippen molar-refractivity contribution in [3.05, 3.63) is 34.9 Å². The first-order valence-electron chi connectivity index (χ1n) is 10.6. The summed E-state index contributed by atoms with van der Waals surface area (Å²) in [5.74, 6) is -0.733. The zero-order valence-electron chi connectivity index (χ0n) is 17.4. The molecule has 0 aromatic heterocycles. The maximum atomic E-state index is 13.2. The fourth-order valence-corrected chi connectivity index (χ4v) is 4.20. The lowest BCUT2D eigenvalue weighted by Gasteiger charge is -2.29. The van der Waals surface area contributed by atoms with Crippen LogP contribution in [0.15, 0.2) is 18.2 Å². The first kappa shape index (κ1) is 21.5. The Bertz CT molecular complexity index is 777. The van der Waals surface area contributed by atoms with E-state index in [2.05, 4.69) is 24.1 Å². The molecule has 1 unspecified atom stereocenters. The topological polar surface area (TPSA) is 95.7 Å². The smallest absolute Gasteiger partial charge is 0.255 e. The molecule has 2 aliphatic rings.